The largest absolute Gasteiger partial charge is 0.376 e. The van der Waals surface area contributed by atoms with E-state index in [-0.39, 0.29) is 18.1 Å². The fourth-order valence-corrected chi connectivity index (χ4v) is 3.08. The van der Waals surface area contributed by atoms with Gasteiger partial charge in [0, 0.05) is 7.11 Å². The quantitative estimate of drug-likeness (QED) is 0.491. The number of sulfone groups is 1. The first-order chi connectivity index (χ1) is 6.54. The zero-order chi connectivity index (χ0) is 10.7. The smallest absolute Gasteiger partial charge is 0.235 e. The second kappa shape index (κ2) is 4.21. The first-order valence-electron chi connectivity index (χ1n) is 4.33. The Balaban J connectivity index is 2.70. The van der Waals surface area contributed by atoms with E-state index in [2.05, 4.69) is 4.99 Å². The highest BCUT2D eigenvalue weighted by atomic mass is 32.2. The van der Waals surface area contributed by atoms with Gasteiger partial charge in [0.2, 0.25) is 6.08 Å². The molecule has 0 amide bonds. The Morgan fingerprint density at radius 3 is 2.43 bits per heavy atom. The van der Waals surface area contributed by atoms with Gasteiger partial charge in [0.15, 0.2) is 9.84 Å². The third kappa shape index (κ3) is 2.64. The molecule has 1 rings (SSSR count). The number of hydrogen-bond acceptors (Lipinski definition) is 5. The van der Waals surface area contributed by atoms with Gasteiger partial charge >= 0.3 is 0 Å². The number of hydrogen-bond donors (Lipinski definition) is 0. The number of ether oxygens (including phenoxy) is 1. The third-order valence-corrected chi connectivity index (χ3v) is 4.25. The van der Waals surface area contributed by atoms with E-state index in [0.29, 0.717) is 12.8 Å². The zero-order valence-electron chi connectivity index (χ0n) is 8.02. The monoisotopic (exact) mass is 219 g/mol. The van der Waals surface area contributed by atoms with Crippen molar-refractivity contribution >= 4 is 15.9 Å². The van der Waals surface area contributed by atoms with Crippen LogP contribution < -0.4 is 0 Å². The molecular formula is C8H13NO4S. The van der Waals surface area contributed by atoms with Crippen LogP contribution in [0.15, 0.2) is 4.99 Å². The maximum atomic E-state index is 11.2. The lowest BCUT2D eigenvalue weighted by molar-refractivity contribution is -0.00980. The van der Waals surface area contributed by atoms with Crippen LogP contribution in [0.3, 0.4) is 0 Å². The van der Waals surface area contributed by atoms with Gasteiger partial charge in [-0.25, -0.2) is 18.2 Å². The van der Waals surface area contributed by atoms with Crippen LogP contribution >= 0.6 is 0 Å². The molecule has 1 saturated heterocycles. The molecule has 0 saturated carbocycles. The van der Waals surface area contributed by atoms with Crippen molar-refractivity contribution in [1.82, 2.24) is 0 Å². The SMILES string of the molecule is COC1(CN=C=O)CCS(=O)(=O)CC1. The fourth-order valence-electron chi connectivity index (χ4n) is 1.51. The second-order valence-electron chi connectivity index (χ2n) is 3.45. The number of carbonyl (C=O) groups excluding carboxylic acids is 1. The van der Waals surface area contributed by atoms with Gasteiger partial charge in [-0.2, -0.15) is 0 Å². The summed E-state index contributed by atoms with van der Waals surface area (Å²) in [6, 6.07) is 0. The normalized spacial score (nSPS) is 23.8. The molecule has 0 aliphatic carbocycles. The minimum Gasteiger partial charge on any atom is -0.376 e. The Bertz CT molecular complexity index is 328. The van der Waals surface area contributed by atoms with Gasteiger partial charge in [-0.05, 0) is 12.8 Å². The molecule has 1 aliphatic rings. The van der Waals surface area contributed by atoms with Gasteiger partial charge in [-0.15, -0.1) is 0 Å². The second-order valence-corrected chi connectivity index (χ2v) is 5.75. The van der Waals surface area contributed by atoms with E-state index >= 15 is 0 Å². The highest BCUT2D eigenvalue weighted by Crippen LogP contribution is 2.27. The van der Waals surface area contributed by atoms with Crippen molar-refractivity contribution in [3.63, 3.8) is 0 Å². The molecule has 5 nitrogen and oxygen atoms in total. The molecule has 0 bridgehead atoms. The Morgan fingerprint density at radius 2 is 2.00 bits per heavy atom. The molecule has 14 heavy (non-hydrogen) atoms. The van der Waals surface area contributed by atoms with Gasteiger partial charge in [0.05, 0.1) is 23.7 Å². The highest BCUT2D eigenvalue weighted by molar-refractivity contribution is 7.91. The predicted octanol–water partition coefficient (Wildman–Crippen LogP) is -0.0840. The summed E-state index contributed by atoms with van der Waals surface area (Å²) in [7, 11) is -1.40. The van der Waals surface area contributed by atoms with E-state index in [1.54, 1.807) is 0 Å². The summed E-state index contributed by atoms with van der Waals surface area (Å²) in [6.07, 6.45) is 2.24. The molecule has 6 heteroatoms. The summed E-state index contributed by atoms with van der Waals surface area (Å²) in [5.74, 6) is 0.213. The molecule has 1 heterocycles. The van der Waals surface area contributed by atoms with Gasteiger partial charge in [-0.3, -0.25) is 0 Å². The van der Waals surface area contributed by atoms with Crippen LogP contribution in [0.2, 0.25) is 0 Å². The summed E-state index contributed by atoms with van der Waals surface area (Å²) >= 11 is 0. The number of isocyanates is 1. The van der Waals surface area contributed by atoms with Crippen molar-refractivity contribution in [3.8, 4) is 0 Å². The molecule has 1 fully saturated rings. The molecule has 0 aromatic carbocycles. The van der Waals surface area contributed by atoms with Crippen LogP contribution in [-0.2, 0) is 19.4 Å². The van der Waals surface area contributed by atoms with E-state index in [0.717, 1.165) is 0 Å². The van der Waals surface area contributed by atoms with Crippen LogP contribution in [0.1, 0.15) is 12.8 Å². The van der Waals surface area contributed by atoms with Crippen LogP contribution in [0.5, 0.6) is 0 Å². The molecular weight excluding hydrogens is 206 g/mol. The Labute approximate surface area is 83.1 Å². The fraction of sp³-hybridized carbons (Fsp3) is 0.875. The van der Waals surface area contributed by atoms with Crippen LogP contribution in [0, 0.1) is 0 Å². The summed E-state index contributed by atoms with van der Waals surface area (Å²) in [6.45, 7) is 0.197. The highest BCUT2D eigenvalue weighted by Gasteiger charge is 2.37. The summed E-state index contributed by atoms with van der Waals surface area (Å²) in [4.78, 5) is 13.4. The number of nitrogens with zero attached hydrogens (tertiary/aromatic N) is 1. The van der Waals surface area contributed by atoms with Gasteiger partial charge in [0.1, 0.15) is 0 Å². The van der Waals surface area contributed by atoms with Crippen molar-refractivity contribution in [1.29, 1.82) is 0 Å². The summed E-state index contributed by atoms with van der Waals surface area (Å²) in [5, 5.41) is 0. The van der Waals surface area contributed by atoms with Gasteiger partial charge < -0.3 is 4.74 Å². The van der Waals surface area contributed by atoms with Crippen molar-refractivity contribution in [3.05, 3.63) is 0 Å². The first kappa shape index (κ1) is 11.4. The molecule has 80 valence electrons. The van der Waals surface area contributed by atoms with Gasteiger partial charge in [-0.1, -0.05) is 0 Å². The van der Waals surface area contributed by atoms with Gasteiger partial charge in [0.25, 0.3) is 0 Å². The third-order valence-electron chi connectivity index (χ3n) is 2.60. The number of aliphatic imine (C=N–C) groups is 1. The minimum atomic E-state index is -2.91. The van der Waals surface area contributed by atoms with Crippen LogP contribution in [-0.4, -0.2) is 45.3 Å². The average molecular weight is 219 g/mol. The molecule has 0 spiro atoms. The lowest BCUT2D eigenvalue weighted by Crippen LogP contribution is -2.43. The molecule has 0 radical (unpaired) electrons. The summed E-state index contributed by atoms with van der Waals surface area (Å²) < 4.78 is 27.6. The lowest BCUT2D eigenvalue weighted by atomic mass is 9.97. The average Bonchev–Trinajstić information content (AvgIpc) is 2.18. The maximum Gasteiger partial charge on any atom is 0.235 e. The molecule has 0 aromatic heterocycles. The van der Waals surface area contributed by atoms with E-state index in [4.69, 9.17) is 4.74 Å². The molecule has 1 aliphatic heterocycles. The van der Waals surface area contributed by atoms with Crippen molar-refractivity contribution in [2.75, 3.05) is 25.2 Å². The molecule has 0 aromatic rings. The van der Waals surface area contributed by atoms with Crippen LogP contribution in [0.25, 0.3) is 0 Å². The van der Waals surface area contributed by atoms with E-state index in [1.807, 2.05) is 0 Å². The van der Waals surface area contributed by atoms with Crippen molar-refractivity contribution in [2.45, 2.75) is 18.4 Å². The Hall–Kier alpha value is -0.710. The number of methoxy groups -OCH3 is 1. The molecule has 0 unspecified atom stereocenters. The Morgan fingerprint density at radius 1 is 1.43 bits per heavy atom. The first-order valence-corrected chi connectivity index (χ1v) is 6.15. The Kier molecular flexibility index (Phi) is 3.42. The van der Waals surface area contributed by atoms with E-state index in [1.165, 1.54) is 13.2 Å². The topological polar surface area (TPSA) is 72.8 Å². The van der Waals surface area contributed by atoms with E-state index in [9.17, 15) is 13.2 Å². The zero-order valence-corrected chi connectivity index (χ0v) is 8.84. The number of rotatable bonds is 3. The van der Waals surface area contributed by atoms with Crippen LogP contribution in [0.4, 0.5) is 0 Å². The molecule has 0 N–H and O–H groups in total. The molecule has 0 atom stereocenters. The standard InChI is InChI=1S/C8H13NO4S/c1-13-8(6-9-7-10)2-4-14(11,12)5-3-8/h2-6H2,1H3. The lowest BCUT2D eigenvalue weighted by Gasteiger charge is -2.33. The maximum absolute atomic E-state index is 11.2. The van der Waals surface area contributed by atoms with Crippen molar-refractivity contribution in [2.24, 2.45) is 4.99 Å². The minimum absolute atomic E-state index is 0.106. The summed E-state index contributed by atoms with van der Waals surface area (Å²) in [5.41, 5.74) is -0.581. The van der Waals surface area contributed by atoms with E-state index < -0.39 is 15.4 Å². The predicted molar refractivity (Wildman–Crippen MR) is 50.6 cm³/mol. The van der Waals surface area contributed by atoms with Crippen molar-refractivity contribution < 1.29 is 17.9 Å².